The quantitative estimate of drug-likeness (QED) is 0.185. The molecule has 16 nitrogen and oxygen atoms in total. The number of ketones is 1. The van der Waals surface area contributed by atoms with Crippen LogP contribution in [0.15, 0.2) is 24.3 Å². The van der Waals surface area contributed by atoms with Gasteiger partial charge in [0.1, 0.15) is 78.8 Å². The van der Waals surface area contributed by atoms with Crippen LogP contribution in [-0.4, -0.2) is 145 Å². The van der Waals surface area contributed by atoms with Crippen molar-refractivity contribution >= 4 is 5.78 Å². The normalized spacial score (nSPS) is 36.5. The summed E-state index contributed by atoms with van der Waals surface area (Å²) in [7, 11) is 3.06. The van der Waals surface area contributed by atoms with E-state index in [-0.39, 0.29) is 31.5 Å². The molecule has 2 fully saturated rings. The van der Waals surface area contributed by atoms with Crippen molar-refractivity contribution in [1.82, 2.24) is 0 Å². The van der Waals surface area contributed by atoms with Gasteiger partial charge in [0.25, 0.3) is 0 Å². The maximum Gasteiger partial charge on any atom is 0.186 e. The van der Waals surface area contributed by atoms with Gasteiger partial charge >= 0.3 is 0 Å². The van der Waals surface area contributed by atoms with Gasteiger partial charge < -0.3 is 73.3 Å². The number of hydrogen-bond acceptors (Lipinski definition) is 16. The van der Waals surface area contributed by atoms with E-state index in [0.29, 0.717) is 46.3 Å². The van der Waals surface area contributed by atoms with E-state index in [1.165, 1.54) is 14.2 Å². The first kappa shape index (κ1) is 35.1. The van der Waals surface area contributed by atoms with Gasteiger partial charge in [0.05, 0.1) is 45.5 Å². The zero-order chi connectivity index (χ0) is 35.4. The highest BCUT2D eigenvalue weighted by atomic mass is 16.7. The fraction of sp³-hybridized carbons (Fsp3) is 0.618. The van der Waals surface area contributed by atoms with Gasteiger partial charge in [-0.25, -0.2) is 0 Å². The summed E-state index contributed by atoms with van der Waals surface area (Å²) in [5.41, 5.74) is 1.85. The molecular formula is C34H42O16. The third-order valence-electron chi connectivity index (χ3n) is 10.0. The fourth-order valence-corrected chi connectivity index (χ4v) is 7.07. The Kier molecular flexibility index (Phi) is 9.85. The van der Waals surface area contributed by atoms with Crippen molar-refractivity contribution in [2.45, 2.75) is 86.8 Å². The Morgan fingerprint density at radius 1 is 0.840 bits per heavy atom. The number of methoxy groups -OCH3 is 2. The van der Waals surface area contributed by atoms with Crippen LogP contribution >= 0.6 is 0 Å². The third-order valence-corrected chi connectivity index (χ3v) is 10.0. The highest BCUT2D eigenvalue weighted by Crippen LogP contribution is 2.50. The van der Waals surface area contributed by atoms with Crippen LogP contribution in [0.4, 0.5) is 0 Å². The molecule has 5 aliphatic rings. The molecule has 0 aromatic heterocycles. The number of ether oxygens (including phenoxy) is 9. The van der Waals surface area contributed by atoms with Gasteiger partial charge in [0.2, 0.25) is 0 Å². The van der Waals surface area contributed by atoms with E-state index in [4.69, 9.17) is 42.6 Å². The molecule has 1 unspecified atom stereocenters. The summed E-state index contributed by atoms with van der Waals surface area (Å²) >= 11 is 0. The Bertz CT molecular complexity index is 1570. The number of Topliss-reactive ketones (excluding diaryl/α,β-unsaturated/α-hetero) is 1. The molecule has 0 radical (unpaired) electrons. The average Bonchev–Trinajstić information content (AvgIpc) is 3.57. The second kappa shape index (κ2) is 14.0. The van der Waals surface area contributed by atoms with Crippen LogP contribution in [0.25, 0.3) is 0 Å². The molecule has 5 heterocycles. The molecule has 13 atom stereocenters. The summed E-state index contributed by atoms with van der Waals surface area (Å²) < 4.78 is 51.9. The van der Waals surface area contributed by atoms with E-state index in [2.05, 4.69) is 0 Å². The summed E-state index contributed by atoms with van der Waals surface area (Å²) in [6.45, 7) is 1.38. The predicted molar refractivity (Wildman–Crippen MR) is 167 cm³/mol. The Morgan fingerprint density at radius 2 is 1.58 bits per heavy atom. The van der Waals surface area contributed by atoms with Crippen LogP contribution < -0.4 is 23.7 Å². The summed E-state index contributed by atoms with van der Waals surface area (Å²) in [6.07, 6.45) is -13.6. The number of aliphatic hydroxyl groups is 6. The van der Waals surface area contributed by atoms with E-state index >= 15 is 0 Å². The number of hydrogen-bond donors (Lipinski definition) is 6. The molecule has 2 aromatic carbocycles. The highest BCUT2D eigenvalue weighted by molar-refractivity contribution is 6.06. The fourth-order valence-electron chi connectivity index (χ4n) is 7.07. The number of aliphatic hydroxyl groups excluding tert-OH is 6. The summed E-state index contributed by atoms with van der Waals surface area (Å²) in [4.78, 5) is 14.0. The minimum atomic E-state index is -1.64. The first-order chi connectivity index (χ1) is 24.0. The zero-order valence-corrected chi connectivity index (χ0v) is 27.6. The molecule has 274 valence electrons. The van der Waals surface area contributed by atoms with Crippen LogP contribution in [0.2, 0.25) is 0 Å². The topological polar surface area (TPSA) is 222 Å². The molecule has 2 saturated heterocycles. The van der Waals surface area contributed by atoms with Crippen LogP contribution in [0.3, 0.4) is 0 Å². The lowest BCUT2D eigenvalue weighted by molar-refractivity contribution is -0.322. The molecule has 0 saturated carbocycles. The van der Waals surface area contributed by atoms with Crippen molar-refractivity contribution in [3.8, 4) is 28.7 Å². The van der Waals surface area contributed by atoms with Gasteiger partial charge in [-0.15, -0.1) is 0 Å². The van der Waals surface area contributed by atoms with E-state index in [0.717, 1.165) is 5.56 Å². The van der Waals surface area contributed by atoms with Crippen molar-refractivity contribution in [3.63, 3.8) is 0 Å². The number of fused-ring (bicyclic) bond motifs is 6. The molecule has 0 aliphatic carbocycles. The first-order valence-electron chi connectivity index (χ1n) is 16.5. The Balaban J connectivity index is 0.991. The van der Waals surface area contributed by atoms with Gasteiger partial charge in [0, 0.05) is 29.5 Å². The zero-order valence-electron chi connectivity index (χ0n) is 27.6. The maximum absolute atomic E-state index is 14.0. The molecular weight excluding hydrogens is 664 g/mol. The maximum atomic E-state index is 14.0. The lowest BCUT2D eigenvalue weighted by Gasteiger charge is -2.41. The predicted octanol–water partition coefficient (Wildman–Crippen LogP) is -0.957. The van der Waals surface area contributed by atoms with Crippen molar-refractivity contribution in [1.29, 1.82) is 0 Å². The third kappa shape index (κ3) is 6.17. The second-order valence-corrected chi connectivity index (χ2v) is 13.2. The minimum Gasteiger partial charge on any atom is -0.493 e. The van der Waals surface area contributed by atoms with Crippen LogP contribution in [0.5, 0.6) is 28.7 Å². The van der Waals surface area contributed by atoms with Crippen LogP contribution in [0, 0.1) is 5.92 Å². The van der Waals surface area contributed by atoms with Gasteiger partial charge in [-0.1, -0.05) is 6.92 Å². The van der Waals surface area contributed by atoms with Crippen LogP contribution in [-0.2, 0) is 25.4 Å². The molecule has 2 aromatic rings. The van der Waals surface area contributed by atoms with Gasteiger partial charge in [-0.3, -0.25) is 4.79 Å². The molecule has 7 rings (SSSR count). The summed E-state index contributed by atoms with van der Waals surface area (Å²) in [5, 5.41) is 61.3. The van der Waals surface area contributed by atoms with Crippen molar-refractivity contribution in [2.24, 2.45) is 5.92 Å². The van der Waals surface area contributed by atoms with Gasteiger partial charge in [-0.05, 0) is 18.2 Å². The number of carbonyl (C=O) groups is 1. The Hall–Kier alpha value is -3.29. The molecule has 5 aliphatic heterocycles. The van der Waals surface area contributed by atoms with Crippen molar-refractivity contribution < 1.29 is 78.1 Å². The van der Waals surface area contributed by atoms with E-state index in [1.54, 1.807) is 24.3 Å². The summed E-state index contributed by atoms with van der Waals surface area (Å²) in [5.74, 6) is 1.57. The van der Waals surface area contributed by atoms with E-state index in [9.17, 15) is 35.4 Å². The smallest absolute Gasteiger partial charge is 0.186 e. The first-order valence-corrected chi connectivity index (χ1v) is 16.5. The lowest BCUT2D eigenvalue weighted by Crippen LogP contribution is -2.60. The van der Waals surface area contributed by atoms with Crippen molar-refractivity contribution in [2.75, 3.05) is 40.6 Å². The molecule has 6 N–H and O–H groups in total. The molecule has 50 heavy (non-hydrogen) atoms. The second-order valence-electron chi connectivity index (χ2n) is 13.2. The van der Waals surface area contributed by atoms with Gasteiger partial charge in [-0.2, -0.15) is 0 Å². The molecule has 0 bridgehead atoms. The summed E-state index contributed by atoms with van der Waals surface area (Å²) in [6, 6.07) is 6.91. The lowest BCUT2D eigenvalue weighted by atomic mass is 9.81. The average molecular weight is 707 g/mol. The van der Waals surface area contributed by atoms with Crippen molar-refractivity contribution in [3.05, 3.63) is 41.0 Å². The van der Waals surface area contributed by atoms with Crippen LogP contribution in [0.1, 0.15) is 34.3 Å². The highest BCUT2D eigenvalue weighted by Gasteiger charge is 2.48. The minimum absolute atomic E-state index is 0.0217. The standard InChI is InChI=1S/C34H42O16/c1-13(9-45-34-31(41)29(39)28(38)24(50-34)12-47-33-30(40)27(37)17(35)10-46-33)19-7-16-18(48-19)5-4-14-26(36)25-15-6-21(42-2)22(43-3)8-20(15)44-11-23(25)49-32(14)16/h4-6,8,13,17,19,23-25,27-31,33-35,37-41H,7,9-12H2,1-3H3/t13?,17-,19+,23+,24+,25-,27-,28+,29-,30+,31+,33-,34+/m0/s1. The monoisotopic (exact) mass is 706 g/mol. The molecule has 0 spiro atoms. The molecule has 16 heteroatoms. The number of carbonyl (C=O) groups excluding carboxylic acids is 1. The Morgan fingerprint density at radius 3 is 2.34 bits per heavy atom. The van der Waals surface area contributed by atoms with E-state index < -0.39 is 80.0 Å². The van der Waals surface area contributed by atoms with Gasteiger partial charge in [0.15, 0.2) is 29.9 Å². The largest absolute Gasteiger partial charge is 0.493 e. The number of rotatable bonds is 9. The van der Waals surface area contributed by atoms with E-state index in [1.807, 2.05) is 6.92 Å². The molecule has 0 amide bonds. The Labute approximate surface area is 286 Å². The SMILES string of the molecule is COc1cc2c(cc1OC)[C@@H]1C(=O)c3ccc4c(c3O[C@@H]1CO2)C[C@H](C(C)CO[C@@H]1O[C@H](CO[C@@H]2OC[C@H](O)[C@H](O)[C@H]2O)[C@@H](O)[C@H](O)[C@H]1O)O4. The number of benzene rings is 2.